The van der Waals surface area contributed by atoms with E-state index in [4.69, 9.17) is 14.2 Å². The van der Waals surface area contributed by atoms with Crippen molar-refractivity contribution >= 4 is 11.9 Å². The number of hydrogen-bond donors (Lipinski definition) is 0. The highest BCUT2D eigenvalue weighted by molar-refractivity contribution is 5.99. The van der Waals surface area contributed by atoms with Gasteiger partial charge in [0.25, 0.3) is 5.91 Å². The number of hydrogen-bond acceptors (Lipinski definition) is 6. The molecular formula is C26H29N3O5. The Balaban J connectivity index is 1.73. The van der Waals surface area contributed by atoms with Gasteiger partial charge in [-0.2, -0.15) is 5.10 Å². The van der Waals surface area contributed by atoms with Gasteiger partial charge in [-0.25, -0.2) is 4.68 Å². The quantitative estimate of drug-likeness (QED) is 0.493. The fourth-order valence-corrected chi connectivity index (χ4v) is 4.22. The number of para-hydroxylation sites is 1. The number of carbonyl (C=O) groups is 2. The first-order valence-electron chi connectivity index (χ1n) is 11.4. The molecule has 2 aromatic carbocycles. The predicted octanol–water partition coefficient (Wildman–Crippen LogP) is 3.97. The van der Waals surface area contributed by atoms with Gasteiger partial charge < -0.3 is 19.1 Å². The van der Waals surface area contributed by atoms with Gasteiger partial charge in [-0.15, -0.1) is 0 Å². The standard InChI is InChI=1S/C26H29N3O5/c1-4-34-26(31)19-9-8-14-28(16-19)25(30)24-21(17-29(27-24)20-10-6-5-7-11-20)18-12-13-22(32-2)23(15-18)33-3/h5-7,10-13,15,17,19H,4,8-9,14,16H2,1-3H3. The van der Waals surface area contributed by atoms with Gasteiger partial charge in [0, 0.05) is 24.8 Å². The summed E-state index contributed by atoms with van der Waals surface area (Å²) in [5, 5.41) is 4.67. The smallest absolute Gasteiger partial charge is 0.310 e. The van der Waals surface area contributed by atoms with Crippen LogP contribution in [0.5, 0.6) is 11.5 Å². The van der Waals surface area contributed by atoms with E-state index in [1.54, 1.807) is 36.8 Å². The molecule has 1 unspecified atom stereocenters. The summed E-state index contributed by atoms with van der Waals surface area (Å²) in [5.41, 5.74) is 2.61. The van der Waals surface area contributed by atoms with E-state index in [2.05, 4.69) is 5.10 Å². The summed E-state index contributed by atoms with van der Waals surface area (Å²) in [5.74, 6) is 0.371. The summed E-state index contributed by atoms with van der Waals surface area (Å²) in [6.45, 7) is 3.00. The molecule has 1 atom stereocenters. The van der Waals surface area contributed by atoms with Crippen LogP contribution < -0.4 is 9.47 Å². The van der Waals surface area contributed by atoms with Crippen LogP contribution in [0.3, 0.4) is 0 Å². The summed E-state index contributed by atoms with van der Waals surface area (Å²) >= 11 is 0. The SMILES string of the molecule is CCOC(=O)C1CCCN(C(=O)c2nn(-c3ccccc3)cc2-c2ccc(OC)c(OC)c2)C1. The Morgan fingerprint density at radius 3 is 2.53 bits per heavy atom. The number of benzene rings is 2. The zero-order chi connectivity index (χ0) is 24.1. The van der Waals surface area contributed by atoms with Crippen molar-refractivity contribution in [2.45, 2.75) is 19.8 Å². The molecule has 4 rings (SSSR count). The summed E-state index contributed by atoms with van der Waals surface area (Å²) in [6, 6.07) is 15.1. The van der Waals surface area contributed by atoms with Crippen molar-refractivity contribution < 1.29 is 23.8 Å². The minimum Gasteiger partial charge on any atom is -0.493 e. The lowest BCUT2D eigenvalue weighted by Crippen LogP contribution is -2.43. The fourth-order valence-electron chi connectivity index (χ4n) is 4.22. The van der Waals surface area contributed by atoms with Crippen LogP contribution >= 0.6 is 0 Å². The number of rotatable bonds is 7. The Morgan fingerprint density at radius 2 is 1.82 bits per heavy atom. The van der Waals surface area contributed by atoms with Crippen molar-refractivity contribution in [3.63, 3.8) is 0 Å². The number of aromatic nitrogens is 2. The molecule has 1 saturated heterocycles. The molecule has 0 radical (unpaired) electrons. The third-order valence-electron chi connectivity index (χ3n) is 5.96. The normalized spacial score (nSPS) is 15.6. The molecule has 0 spiro atoms. The fraction of sp³-hybridized carbons (Fsp3) is 0.346. The molecule has 1 aliphatic heterocycles. The van der Waals surface area contributed by atoms with Crippen LogP contribution in [0.15, 0.2) is 54.7 Å². The highest BCUT2D eigenvalue weighted by atomic mass is 16.5. The van der Waals surface area contributed by atoms with Gasteiger partial charge in [0.05, 0.1) is 32.4 Å². The Hall–Kier alpha value is -3.81. The third kappa shape index (κ3) is 4.76. The topological polar surface area (TPSA) is 82.9 Å². The summed E-state index contributed by atoms with van der Waals surface area (Å²) in [4.78, 5) is 27.7. The molecule has 0 bridgehead atoms. The molecule has 2 heterocycles. The van der Waals surface area contributed by atoms with Crippen LogP contribution in [0.25, 0.3) is 16.8 Å². The van der Waals surface area contributed by atoms with Crippen molar-refractivity contribution in [2.24, 2.45) is 5.92 Å². The monoisotopic (exact) mass is 463 g/mol. The first-order chi connectivity index (χ1) is 16.5. The second-order valence-corrected chi connectivity index (χ2v) is 8.08. The third-order valence-corrected chi connectivity index (χ3v) is 5.96. The van der Waals surface area contributed by atoms with Crippen LogP contribution in [-0.4, -0.2) is 60.5 Å². The van der Waals surface area contributed by atoms with Crippen molar-refractivity contribution in [3.8, 4) is 28.3 Å². The van der Waals surface area contributed by atoms with Gasteiger partial charge in [-0.1, -0.05) is 24.3 Å². The highest BCUT2D eigenvalue weighted by Gasteiger charge is 2.32. The molecule has 1 aromatic heterocycles. The average Bonchev–Trinajstić information content (AvgIpc) is 3.34. The molecule has 1 aliphatic rings. The molecule has 0 aliphatic carbocycles. The van der Waals surface area contributed by atoms with E-state index >= 15 is 0 Å². The van der Waals surface area contributed by atoms with Gasteiger partial charge in [0.2, 0.25) is 0 Å². The molecule has 178 valence electrons. The Morgan fingerprint density at radius 1 is 1.06 bits per heavy atom. The maximum atomic E-state index is 13.7. The molecule has 3 aromatic rings. The highest BCUT2D eigenvalue weighted by Crippen LogP contribution is 2.34. The summed E-state index contributed by atoms with van der Waals surface area (Å²) in [6.07, 6.45) is 3.29. The average molecular weight is 464 g/mol. The van der Waals surface area contributed by atoms with Gasteiger partial charge in [0.1, 0.15) is 0 Å². The minimum atomic E-state index is -0.321. The molecule has 1 fully saturated rings. The Bertz CT molecular complexity index is 1160. The van der Waals surface area contributed by atoms with E-state index in [-0.39, 0.29) is 17.8 Å². The second-order valence-electron chi connectivity index (χ2n) is 8.08. The van der Waals surface area contributed by atoms with Crippen LogP contribution in [0.1, 0.15) is 30.3 Å². The van der Waals surface area contributed by atoms with E-state index < -0.39 is 0 Å². The second kappa shape index (κ2) is 10.4. The van der Waals surface area contributed by atoms with Crippen LogP contribution in [-0.2, 0) is 9.53 Å². The van der Waals surface area contributed by atoms with E-state index in [0.29, 0.717) is 48.9 Å². The number of esters is 1. The number of carbonyl (C=O) groups excluding carboxylic acids is 2. The largest absolute Gasteiger partial charge is 0.493 e. The van der Waals surface area contributed by atoms with Gasteiger partial charge in [-0.05, 0) is 49.6 Å². The molecule has 1 amide bonds. The van der Waals surface area contributed by atoms with Gasteiger partial charge in [-0.3, -0.25) is 9.59 Å². The first-order valence-corrected chi connectivity index (χ1v) is 11.4. The molecule has 34 heavy (non-hydrogen) atoms. The van der Waals surface area contributed by atoms with Crippen molar-refractivity contribution in [1.29, 1.82) is 0 Å². The summed E-state index contributed by atoms with van der Waals surface area (Å²) in [7, 11) is 3.15. The van der Waals surface area contributed by atoms with E-state index in [1.165, 1.54) is 0 Å². The molecule has 0 saturated carbocycles. The number of likely N-dealkylation sites (tertiary alicyclic amines) is 1. The predicted molar refractivity (Wildman–Crippen MR) is 127 cm³/mol. The summed E-state index contributed by atoms with van der Waals surface area (Å²) < 4.78 is 17.7. The van der Waals surface area contributed by atoms with Crippen molar-refractivity contribution in [2.75, 3.05) is 33.9 Å². The van der Waals surface area contributed by atoms with Gasteiger partial charge >= 0.3 is 5.97 Å². The van der Waals surface area contributed by atoms with E-state index in [9.17, 15) is 9.59 Å². The lowest BCUT2D eigenvalue weighted by Gasteiger charge is -2.31. The molecule has 8 heteroatoms. The van der Waals surface area contributed by atoms with E-state index in [0.717, 1.165) is 17.7 Å². The number of nitrogens with zero attached hydrogens (tertiary/aromatic N) is 3. The molecule has 0 N–H and O–H groups in total. The maximum absolute atomic E-state index is 13.7. The van der Waals surface area contributed by atoms with Crippen molar-refractivity contribution in [1.82, 2.24) is 14.7 Å². The Kier molecular flexibility index (Phi) is 7.15. The zero-order valence-electron chi connectivity index (χ0n) is 19.7. The lowest BCUT2D eigenvalue weighted by atomic mass is 9.97. The minimum absolute atomic E-state index is 0.214. The first kappa shape index (κ1) is 23.4. The number of ether oxygens (including phenoxy) is 3. The number of piperidine rings is 1. The van der Waals surface area contributed by atoms with Crippen molar-refractivity contribution in [3.05, 3.63) is 60.4 Å². The lowest BCUT2D eigenvalue weighted by molar-refractivity contribution is -0.149. The van der Waals surface area contributed by atoms with Gasteiger partial charge in [0.15, 0.2) is 17.2 Å². The number of methoxy groups -OCH3 is 2. The Labute approximate surface area is 199 Å². The van der Waals surface area contributed by atoms with Crippen LogP contribution in [0.2, 0.25) is 0 Å². The van der Waals surface area contributed by atoms with E-state index in [1.807, 2.05) is 48.7 Å². The van der Waals surface area contributed by atoms with Crippen LogP contribution in [0.4, 0.5) is 0 Å². The molecule has 8 nitrogen and oxygen atoms in total. The number of amides is 1. The maximum Gasteiger partial charge on any atom is 0.310 e. The molecular weight excluding hydrogens is 434 g/mol. The zero-order valence-corrected chi connectivity index (χ0v) is 19.7. The van der Waals surface area contributed by atoms with Crippen LogP contribution in [0, 0.1) is 5.92 Å².